The molecule has 0 saturated carbocycles. The zero-order chi connectivity index (χ0) is 23.3. The van der Waals surface area contributed by atoms with Gasteiger partial charge in [0.1, 0.15) is 22.8 Å². The van der Waals surface area contributed by atoms with E-state index in [0.29, 0.717) is 30.1 Å². The van der Waals surface area contributed by atoms with Crippen molar-refractivity contribution in [1.29, 1.82) is 0 Å². The largest absolute Gasteiger partial charge is 0.506 e. The first-order valence-corrected chi connectivity index (χ1v) is 10.4. The van der Waals surface area contributed by atoms with Gasteiger partial charge in [0.2, 0.25) is 0 Å². The van der Waals surface area contributed by atoms with E-state index in [9.17, 15) is 14.7 Å². The second-order valence-electron chi connectivity index (χ2n) is 7.59. The van der Waals surface area contributed by atoms with Crippen LogP contribution in [0.15, 0.2) is 48.3 Å². The molecule has 2 heterocycles. The Hall–Kier alpha value is -3.39. The van der Waals surface area contributed by atoms with Crippen molar-refractivity contribution in [3.8, 4) is 11.5 Å². The number of ketones is 1. The summed E-state index contributed by atoms with van der Waals surface area (Å²) in [7, 11) is 2.91. The summed E-state index contributed by atoms with van der Waals surface area (Å²) in [5.41, 5.74) is 0.801. The van der Waals surface area contributed by atoms with Crippen LogP contribution in [0.4, 0.5) is 0 Å². The highest BCUT2D eigenvalue weighted by atomic mass is 16.5. The minimum Gasteiger partial charge on any atom is -0.506 e. The number of aliphatic hydroxyl groups excluding tert-OH is 1. The van der Waals surface area contributed by atoms with Gasteiger partial charge in [0.05, 0.1) is 31.9 Å². The number of methoxy groups -OCH3 is 2. The maximum absolute atomic E-state index is 13.1. The van der Waals surface area contributed by atoms with Gasteiger partial charge in [-0.15, -0.1) is 0 Å². The van der Waals surface area contributed by atoms with Crippen molar-refractivity contribution in [3.63, 3.8) is 0 Å². The van der Waals surface area contributed by atoms with Gasteiger partial charge >= 0.3 is 0 Å². The Labute approximate surface area is 187 Å². The maximum atomic E-state index is 13.1. The van der Waals surface area contributed by atoms with Gasteiger partial charge in [0.25, 0.3) is 11.7 Å². The number of carbonyl (C=O) groups excluding carboxylic acids is 2. The fourth-order valence-corrected chi connectivity index (χ4v) is 3.77. The molecule has 0 spiro atoms. The summed E-state index contributed by atoms with van der Waals surface area (Å²) in [6, 6.07) is 7.71. The van der Waals surface area contributed by atoms with Crippen LogP contribution in [0.1, 0.15) is 37.4 Å². The van der Waals surface area contributed by atoms with Crippen LogP contribution in [0.2, 0.25) is 0 Å². The molecule has 8 heteroatoms. The fourth-order valence-electron chi connectivity index (χ4n) is 3.77. The first-order valence-electron chi connectivity index (χ1n) is 10.4. The van der Waals surface area contributed by atoms with E-state index < -0.39 is 17.7 Å². The van der Waals surface area contributed by atoms with Crippen molar-refractivity contribution in [2.45, 2.75) is 32.4 Å². The lowest BCUT2D eigenvalue weighted by molar-refractivity contribution is -0.140. The average molecular weight is 440 g/mol. The smallest absolute Gasteiger partial charge is 0.295 e. The van der Waals surface area contributed by atoms with E-state index >= 15 is 0 Å². The second-order valence-corrected chi connectivity index (χ2v) is 7.59. The molecular weight excluding hydrogens is 412 g/mol. The number of rotatable bonds is 9. The number of aromatic nitrogens is 1. The van der Waals surface area contributed by atoms with Crippen LogP contribution in [-0.4, -0.2) is 60.2 Å². The van der Waals surface area contributed by atoms with Gasteiger partial charge in [-0.25, -0.2) is 0 Å². The molecule has 1 unspecified atom stereocenters. The third kappa shape index (κ3) is 4.60. The van der Waals surface area contributed by atoms with Gasteiger partial charge in [-0.2, -0.15) is 0 Å². The number of ether oxygens (including phenoxy) is 3. The van der Waals surface area contributed by atoms with E-state index in [4.69, 9.17) is 14.2 Å². The molecule has 1 N–H and O–H groups in total. The van der Waals surface area contributed by atoms with E-state index in [1.807, 2.05) is 13.8 Å². The van der Waals surface area contributed by atoms with Crippen molar-refractivity contribution in [2.75, 3.05) is 27.4 Å². The lowest BCUT2D eigenvalue weighted by atomic mass is 9.95. The maximum Gasteiger partial charge on any atom is 0.295 e. The van der Waals surface area contributed by atoms with E-state index in [1.54, 1.807) is 42.7 Å². The predicted molar refractivity (Wildman–Crippen MR) is 118 cm³/mol. The zero-order valence-electron chi connectivity index (χ0n) is 18.7. The summed E-state index contributed by atoms with van der Waals surface area (Å²) >= 11 is 0. The van der Waals surface area contributed by atoms with Crippen LogP contribution in [0.3, 0.4) is 0 Å². The van der Waals surface area contributed by atoms with Crippen molar-refractivity contribution >= 4 is 17.4 Å². The molecule has 1 amide bonds. The van der Waals surface area contributed by atoms with Crippen molar-refractivity contribution < 1.29 is 28.9 Å². The summed E-state index contributed by atoms with van der Waals surface area (Å²) in [6.45, 7) is 4.60. The number of aliphatic hydroxyl groups is 1. The Balaban J connectivity index is 2.11. The number of likely N-dealkylation sites (tertiary alicyclic amines) is 1. The van der Waals surface area contributed by atoms with E-state index in [1.165, 1.54) is 19.1 Å². The molecule has 8 nitrogen and oxygen atoms in total. The normalized spacial score (nSPS) is 17.8. The van der Waals surface area contributed by atoms with E-state index in [0.717, 1.165) is 0 Å². The Bertz CT molecular complexity index is 981. The number of benzene rings is 1. The monoisotopic (exact) mass is 440 g/mol. The Morgan fingerprint density at radius 2 is 1.81 bits per heavy atom. The van der Waals surface area contributed by atoms with Crippen molar-refractivity contribution in [2.24, 2.45) is 0 Å². The van der Waals surface area contributed by atoms with Crippen LogP contribution in [0.25, 0.3) is 5.76 Å². The molecule has 1 aromatic carbocycles. The van der Waals surface area contributed by atoms with Gasteiger partial charge in [0, 0.05) is 25.5 Å². The predicted octanol–water partition coefficient (Wildman–Crippen LogP) is 3.34. The molecule has 1 aliphatic rings. The first kappa shape index (κ1) is 23.3. The molecule has 1 aliphatic heterocycles. The Morgan fingerprint density at radius 3 is 2.38 bits per heavy atom. The van der Waals surface area contributed by atoms with Gasteiger partial charge in [-0.3, -0.25) is 14.6 Å². The van der Waals surface area contributed by atoms with Crippen molar-refractivity contribution in [1.82, 2.24) is 9.88 Å². The molecule has 1 atom stereocenters. The minimum absolute atomic E-state index is 0.0319. The van der Waals surface area contributed by atoms with Crippen LogP contribution in [0, 0.1) is 0 Å². The summed E-state index contributed by atoms with van der Waals surface area (Å²) in [4.78, 5) is 31.7. The molecule has 0 aliphatic carbocycles. The van der Waals surface area contributed by atoms with Gasteiger partial charge < -0.3 is 24.2 Å². The Kier molecular flexibility index (Phi) is 7.48. The van der Waals surface area contributed by atoms with Crippen LogP contribution in [-0.2, 0) is 14.3 Å². The topological polar surface area (TPSA) is 98.2 Å². The number of hydrogen-bond donors (Lipinski definition) is 1. The van der Waals surface area contributed by atoms with Crippen LogP contribution >= 0.6 is 0 Å². The number of Topliss-reactive ketones (excluding diaryl/α,β-unsaturated/α-hetero) is 1. The molecular formula is C24H28N2O6. The molecule has 32 heavy (non-hydrogen) atoms. The molecule has 2 aromatic rings. The number of hydrogen-bond acceptors (Lipinski definition) is 7. The SMILES string of the molecule is COc1cccc(OC)c1/C(O)=C1\C(=O)C(=O)N(CCCOC(C)C)C1c1cccnc1. The number of nitrogens with zero attached hydrogens (tertiary/aromatic N) is 2. The molecule has 1 fully saturated rings. The van der Waals surface area contributed by atoms with Crippen LogP contribution < -0.4 is 9.47 Å². The van der Waals surface area contributed by atoms with E-state index in [-0.39, 0.29) is 29.5 Å². The highest BCUT2D eigenvalue weighted by molar-refractivity contribution is 6.46. The fraction of sp³-hybridized carbons (Fsp3) is 0.375. The molecule has 1 aromatic heterocycles. The lowest BCUT2D eigenvalue weighted by Crippen LogP contribution is -2.31. The summed E-state index contributed by atoms with van der Waals surface area (Å²) < 4.78 is 16.4. The number of amides is 1. The third-order valence-electron chi connectivity index (χ3n) is 5.20. The first-order chi connectivity index (χ1) is 15.4. The molecule has 3 rings (SSSR count). The molecule has 170 valence electrons. The van der Waals surface area contributed by atoms with Crippen LogP contribution in [0.5, 0.6) is 11.5 Å². The van der Waals surface area contributed by atoms with Gasteiger partial charge in [-0.1, -0.05) is 12.1 Å². The number of carbonyl (C=O) groups is 2. The summed E-state index contributed by atoms with van der Waals surface area (Å²) in [6.07, 6.45) is 3.80. The molecule has 0 bridgehead atoms. The molecule has 0 radical (unpaired) electrons. The highest BCUT2D eigenvalue weighted by Gasteiger charge is 2.46. The van der Waals surface area contributed by atoms with Gasteiger partial charge in [-0.05, 0) is 44.0 Å². The van der Waals surface area contributed by atoms with E-state index in [2.05, 4.69) is 4.98 Å². The highest BCUT2D eigenvalue weighted by Crippen LogP contribution is 2.43. The minimum atomic E-state index is -0.794. The van der Waals surface area contributed by atoms with Gasteiger partial charge in [0.15, 0.2) is 0 Å². The second kappa shape index (κ2) is 10.3. The summed E-state index contributed by atoms with van der Waals surface area (Å²) in [5, 5.41) is 11.3. The standard InChI is InChI=1S/C24H28N2O6/c1-15(2)32-13-7-12-26-21(16-8-6-11-25-14-16)20(23(28)24(26)29)22(27)19-17(30-3)9-5-10-18(19)31-4/h5-6,8-11,14-15,21,27H,7,12-13H2,1-4H3/b22-20+. The third-order valence-corrected chi connectivity index (χ3v) is 5.20. The average Bonchev–Trinajstić information content (AvgIpc) is 3.06. The molecule has 1 saturated heterocycles. The lowest BCUT2D eigenvalue weighted by Gasteiger charge is -2.25. The Morgan fingerprint density at radius 1 is 1.12 bits per heavy atom. The summed E-state index contributed by atoms with van der Waals surface area (Å²) in [5.74, 6) is -1.16. The quantitative estimate of drug-likeness (QED) is 0.276. The number of pyridine rings is 1. The van der Waals surface area contributed by atoms with Crippen molar-refractivity contribution in [3.05, 3.63) is 59.4 Å². The zero-order valence-corrected chi connectivity index (χ0v) is 18.7.